The van der Waals surface area contributed by atoms with E-state index in [4.69, 9.17) is 5.26 Å². The number of piperidine rings is 1. The minimum Gasteiger partial charge on any atom is -0.393 e. The van der Waals surface area contributed by atoms with Crippen molar-refractivity contribution in [2.45, 2.75) is 38.3 Å². The van der Waals surface area contributed by atoms with Crippen LogP contribution in [0.25, 0.3) is 10.9 Å². The Morgan fingerprint density at radius 3 is 2.89 bits per heavy atom. The number of hydrogen-bond acceptors (Lipinski definition) is 5. The summed E-state index contributed by atoms with van der Waals surface area (Å²) in [5.74, 6) is -0.544. The molecule has 146 valence electrons. The number of H-pyrrole nitrogens is 1. The fourth-order valence-corrected chi connectivity index (χ4v) is 3.25. The van der Waals surface area contributed by atoms with Crippen LogP contribution in [-0.4, -0.2) is 57.0 Å². The molecule has 3 heterocycles. The molecule has 0 unspecified atom stereocenters. The highest BCUT2D eigenvalue weighted by Gasteiger charge is 2.28. The van der Waals surface area contributed by atoms with Gasteiger partial charge >= 0.3 is 0 Å². The van der Waals surface area contributed by atoms with Crippen molar-refractivity contribution < 1.29 is 14.7 Å². The Hall–Kier alpha value is -3.18. The lowest BCUT2D eigenvalue weighted by atomic mass is 10.1. The molecule has 28 heavy (non-hydrogen) atoms. The molecule has 1 aliphatic heterocycles. The lowest BCUT2D eigenvalue weighted by molar-refractivity contribution is -0.135. The summed E-state index contributed by atoms with van der Waals surface area (Å²) in [6, 6.07) is 4.53. The van der Waals surface area contributed by atoms with Crippen LogP contribution in [0.4, 0.5) is 0 Å². The Bertz CT molecular complexity index is 935. The highest BCUT2D eigenvalue weighted by atomic mass is 16.3. The van der Waals surface area contributed by atoms with Crippen LogP contribution < -0.4 is 5.32 Å². The van der Waals surface area contributed by atoms with Crippen molar-refractivity contribution in [2.75, 3.05) is 13.1 Å². The Labute approximate surface area is 162 Å². The number of nitrogens with zero attached hydrogens (tertiary/aromatic N) is 3. The number of amides is 2. The zero-order chi connectivity index (χ0) is 20.1. The van der Waals surface area contributed by atoms with Crippen molar-refractivity contribution in [2.24, 2.45) is 0 Å². The van der Waals surface area contributed by atoms with Gasteiger partial charge in [-0.1, -0.05) is 12.2 Å². The van der Waals surface area contributed by atoms with Gasteiger partial charge < -0.3 is 20.3 Å². The first kappa shape index (κ1) is 19.6. The number of pyridine rings is 1. The topological polar surface area (TPSA) is 122 Å². The van der Waals surface area contributed by atoms with Crippen molar-refractivity contribution in [3.63, 3.8) is 0 Å². The highest BCUT2D eigenvalue weighted by Crippen LogP contribution is 2.16. The van der Waals surface area contributed by atoms with Crippen LogP contribution in [0.1, 0.15) is 42.4 Å². The molecule has 1 aliphatic rings. The molecule has 0 aromatic carbocycles. The third kappa shape index (κ3) is 4.38. The summed E-state index contributed by atoms with van der Waals surface area (Å²) >= 11 is 0. The van der Waals surface area contributed by atoms with Gasteiger partial charge in [-0.2, -0.15) is 5.26 Å². The van der Waals surface area contributed by atoms with E-state index in [0.717, 1.165) is 0 Å². The van der Waals surface area contributed by atoms with E-state index in [2.05, 4.69) is 15.3 Å². The number of carbonyl (C=O) groups excluding carboxylic acids is 2. The quantitative estimate of drug-likeness (QED) is 0.677. The molecule has 1 saturated heterocycles. The minimum atomic E-state index is -0.682. The molecule has 2 amide bonds. The molecule has 0 radical (unpaired) electrons. The van der Waals surface area contributed by atoms with Crippen molar-refractivity contribution in [1.82, 2.24) is 20.2 Å². The van der Waals surface area contributed by atoms with Gasteiger partial charge in [-0.15, -0.1) is 0 Å². The highest BCUT2D eigenvalue weighted by molar-refractivity contribution is 6.00. The average Bonchev–Trinajstić information content (AvgIpc) is 3.14. The number of nitriles is 1. The van der Waals surface area contributed by atoms with E-state index in [0.29, 0.717) is 48.9 Å². The minimum absolute atomic E-state index is 0.150. The Morgan fingerprint density at radius 2 is 2.21 bits per heavy atom. The Kier molecular flexibility index (Phi) is 6.06. The van der Waals surface area contributed by atoms with Gasteiger partial charge in [0, 0.05) is 18.5 Å². The summed E-state index contributed by atoms with van der Waals surface area (Å²) in [7, 11) is 0. The normalized spacial score (nSPS) is 16.2. The molecule has 8 nitrogen and oxygen atoms in total. The summed E-state index contributed by atoms with van der Waals surface area (Å²) in [4.78, 5) is 34.2. The van der Waals surface area contributed by atoms with E-state index in [1.165, 1.54) is 6.20 Å². The fraction of sp³-hybridized carbons (Fsp3) is 0.400. The predicted octanol–water partition coefficient (Wildman–Crippen LogP) is 1.48. The van der Waals surface area contributed by atoms with Gasteiger partial charge in [0.15, 0.2) is 0 Å². The van der Waals surface area contributed by atoms with E-state index in [1.807, 2.05) is 25.1 Å². The Morgan fingerprint density at radius 1 is 1.46 bits per heavy atom. The number of nitrogens with one attached hydrogen (secondary N) is 2. The second-order valence-corrected chi connectivity index (χ2v) is 6.84. The van der Waals surface area contributed by atoms with Gasteiger partial charge in [-0.05, 0) is 38.3 Å². The number of carbonyl (C=O) groups is 2. The number of fused-ring (bicyclic) bond motifs is 1. The van der Waals surface area contributed by atoms with Crippen LogP contribution in [0.2, 0.25) is 0 Å². The van der Waals surface area contributed by atoms with Crippen molar-refractivity contribution in [3.05, 3.63) is 41.9 Å². The molecule has 3 N–H and O–H groups in total. The molecule has 0 aliphatic carbocycles. The van der Waals surface area contributed by atoms with E-state index < -0.39 is 11.9 Å². The van der Waals surface area contributed by atoms with Crippen LogP contribution >= 0.6 is 0 Å². The molecule has 8 heteroatoms. The Balaban J connectivity index is 1.75. The summed E-state index contributed by atoms with van der Waals surface area (Å²) in [6.45, 7) is 2.83. The molecule has 0 bridgehead atoms. The molecule has 0 spiro atoms. The largest absolute Gasteiger partial charge is 0.393 e. The first-order valence-electron chi connectivity index (χ1n) is 9.29. The third-order valence-corrected chi connectivity index (χ3v) is 4.85. The monoisotopic (exact) mass is 381 g/mol. The van der Waals surface area contributed by atoms with Gasteiger partial charge in [-0.3, -0.25) is 9.59 Å². The molecule has 1 atom stereocenters. The predicted molar refractivity (Wildman–Crippen MR) is 103 cm³/mol. The smallest absolute Gasteiger partial charge is 0.268 e. The molecular formula is C20H23N5O3. The molecule has 3 rings (SSSR count). The molecular weight excluding hydrogens is 358 g/mol. The lowest BCUT2D eigenvalue weighted by Gasteiger charge is -2.32. The fourth-order valence-electron chi connectivity index (χ4n) is 3.25. The first-order valence-corrected chi connectivity index (χ1v) is 9.29. The standard InChI is InChI=1S/C20H23N5O3/c1-2-3-4-16(20(28)25-7-5-15(26)6-8-25)24-19(27)17-10-13-9-14(11-21)22-12-18(13)23-17/h2-3,9-10,12,15-16,23,26H,4-8H2,1H3,(H,24,27)/b3-2+/t16-/m0/s1. The van der Waals surface area contributed by atoms with Gasteiger partial charge in [0.25, 0.3) is 5.91 Å². The number of hydrogen-bond donors (Lipinski definition) is 3. The van der Waals surface area contributed by atoms with E-state index in [-0.39, 0.29) is 17.7 Å². The number of aliphatic hydroxyl groups excluding tert-OH is 1. The maximum absolute atomic E-state index is 12.9. The SMILES string of the molecule is C/C=C/C[C@H](NC(=O)c1cc2cc(C#N)ncc2[nH]1)C(=O)N1CCC(O)CC1. The number of aromatic nitrogens is 2. The summed E-state index contributed by atoms with van der Waals surface area (Å²) < 4.78 is 0. The van der Waals surface area contributed by atoms with Crippen LogP contribution in [0.5, 0.6) is 0 Å². The summed E-state index contributed by atoms with van der Waals surface area (Å²) in [6.07, 6.45) is 6.30. The van der Waals surface area contributed by atoms with Crippen LogP contribution in [0.3, 0.4) is 0 Å². The summed E-state index contributed by atoms with van der Waals surface area (Å²) in [5.41, 5.74) is 1.22. The first-order chi connectivity index (χ1) is 13.5. The number of allylic oxidation sites excluding steroid dienone is 1. The number of likely N-dealkylation sites (tertiary alicyclic amines) is 1. The number of aliphatic hydroxyl groups is 1. The van der Waals surface area contributed by atoms with Gasteiger partial charge in [0.05, 0.1) is 17.8 Å². The maximum atomic E-state index is 12.9. The molecule has 2 aromatic heterocycles. The van der Waals surface area contributed by atoms with E-state index >= 15 is 0 Å². The van der Waals surface area contributed by atoms with Crippen LogP contribution in [-0.2, 0) is 4.79 Å². The van der Waals surface area contributed by atoms with Crippen LogP contribution in [0.15, 0.2) is 30.5 Å². The zero-order valence-corrected chi connectivity index (χ0v) is 15.7. The summed E-state index contributed by atoms with van der Waals surface area (Å²) in [5, 5.41) is 22.1. The number of rotatable bonds is 5. The van der Waals surface area contributed by atoms with Crippen molar-refractivity contribution in [3.8, 4) is 6.07 Å². The van der Waals surface area contributed by atoms with Gasteiger partial charge in [0.2, 0.25) is 5.91 Å². The second kappa shape index (κ2) is 8.67. The van der Waals surface area contributed by atoms with Gasteiger partial charge in [-0.25, -0.2) is 4.98 Å². The number of aromatic amines is 1. The van der Waals surface area contributed by atoms with E-state index in [1.54, 1.807) is 17.0 Å². The van der Waals surface area contributed by atoms with Crippen molar-refractivity contribution in [1.29, 1.82) is 5.26 Å². The molecule has 0 saturated carbocycles. The van der Waals surface area contributed by atoms with Crippen molar-refractivity contribution >= 4 is 22.7 Å². The third-order valence-electron chi connectivity index (χ3n) is 4.85. The lowest BCUT2D eigenvalue weighted by Crippen LogP contribution is -2.51. The van der Waals surface area contributed by atoms with Gasteiger partial charge in [0.1, 0.15) is 23.5 Å². The maximum Gasteiger partial charge on any atom is 0.268 e. The second-order valence-electron chi connectivity index (χ2n) is 6.84. The average molecular weight is 381 g/mol. The molecule has 1 fully saturated rings. The molecule has 2 aromatic rings. The van der Waals surface area contributed by atoms with Crippen LogP contribution in [0, 0.1) is 11.3 Å². The van der Waals surface area contributed by atoms with E-state index in [9.17, 15) is 14.7 Å². The zero-order valence-electron chi connectivity index (χ0n) is 15.7.